The summed E-state index contributed by atoms with van der Waals surface area (Å²) < 4.78 is 31.8. The molecule has 0 atom stereocenters. The first-order chi connectivity index (χ1) is 17.6. The number of nitriles is 1. The maximum Gasteiger partial charge on any atom is 0.211 e. The van der Waals surface area contributed by atoms with Gasteiger partial charge >= 0.3 is 0 Å². The Balaban J connectivity index is 1.73. The molecule has 0 amide bonds. The smallest absolute Gasteiger partial charge is 0.211 e. The van der Waals surface area contributed by atoms with Crippen molar-refractivity contribution in [1.29, 1.82) is 5.26 Å². The molecule has 1 fully saturated rings. The zero-order valence-corrected chi connectivity index (χ0v) is 20.7. The summed E-state index contributed by atoms with van der Waals surface area (Å²) in [5.74, 6) is -0.481. The first kappa shape index (κ1) is 24.8. The van der Waals surface area contributed by atoms with Gasteiger partial charge in [-0.1, -0.05) is 18.2 Å². The van der Waals surface area contributed by atoms with Crippen LogP contribution in [0.2, 0.25) is 0 Å². The molecule has 0 radical (unpaired) electrons. The fourth-order valence-corrected chi connectivity index (χ4v) is 4.83. The molecular weight excluding hydrogens is 474 g/mol. The van der Waals surface area contributed by atoms with Crippen molar-refractivity contribution >= 4 is 11.6 Å². The van der Waals surface area contributed by atoms with Crippen LogP contribution in [0.15, 0.2) is 48.8 Å². The Morgan fingerprint density at radius 3 is 2.46 bits per heavy atom. The lowest BCUT2D eigenvalue weighted by Gasteiger charge is -2.32. The standard InChI is InChI=1S/C28H28F2N6O/c1-28(2,37)15-19-5-3-17(13-22(19)29)24-25(18-4-6-20(16-31)23(30)14-18)34-27(36-12-9-33-26(24)36)35-10-7-21(32)8-11-35/h3-6,9,12-14,21,37H,7-8,10-11,15,32H2,1-2H3. The molecule has 3 N–H and O–H groups in total. The number of nitrogens with zero attached hydrogens (tertiary/aromatic N) is 5. The van der Waals surface area contributed by atoms with Crippen LogP contribution in [0.3, 0.4) is 0 Å². The molecule has 2 aromatic carbocycles. The quantitative estimate of drug-likeness (QED) is 0.418. The Bertz CT molecular complexity index is 1510. The minimum absolute atomic E-state index is 0.0700. The van der Waals surface area contributed by atoms with Crippen molar-refractivity contribution in [3.05, 3.63) is 71.6 Å². The van der Waals surface area contributed by atoms with Gasteiger partial charge in [-0.05, 0) is 56.0 Å². The normalized spacial score (nSPS) is 14.8. The van der Waals surface area contributed by atoms with Gasteiger partial charge in [-0.25, -0.2) is 18.7 Å². The molecule has 5 rings (SSSR count). The number of aliphatic hydroxyl groups is 1. The van der Waals surface area contributed by atoms with E-state index in [1.165, 1.54) is 18.2 Å². The number of imidazole rings is 1. The van der Waals surface area contributed by atoms with Crippen LogP contribution in [-0.4, -0.2) is 44.2 Å². The second-order valence-electron chi connectivity index (χ2n) is 10.2. The van der Waals surface area contributed by atoms with Crippen molar-refractivity contribution < 1.29 is 13.9 Å². The second kappa shape index (κ2) is 9.54. The maximum atomic E-state index is 15.2. The third kappa shape index (κ3) is 4.90. The summed E-state index contributed by atoms with van der Waals surface area (Å²) >= 11 is 0. The molecule has 190 valence electrons. The van der Waals surface area contributed by atoms with Gasteiger partial charge in [0.2, 0.25) is 5.95 Å². The molecule has 0 aliphatic carbocycles. The lowest BCUT2D eigenvalue weighted by Crippen LogP contribution is -2.40. The van der Waals surface area contributed by atoms with E-state index in [0.717, 1.165) is 12.8 Å². The average Bonchev–Trinajstić information content (AvgIpc) is 3.34. The van der Waals surface area contributed by atoms with Crippen molar-refractivity contribution in [2.45, 2.75) is 44.8 Å². The number of hydrogen-bond acceptors (Lipinski definition) is 6. The topological polar surface area (TPSA) is 103 Å². The van der Waals surface area contributed by atoms with Gasteiger partial charge in [0.05, 0.1) is 22.4 Å². The summed E-state index contributed by atoms with van der Waals surface area (Å²) in [6.07, 6.45) is 5.24. The van der Waals surface area contributed by atoms with Crippen LogP contribution in [0, 0.1) is 23.0 Å². The lowest BCUT2D eigenvalue weighted by molar-refractivity contribution is 0.0800. The van der Waals surface area contributed by atoms with Gasteiger partial charge in [0.1, 0.15) is 23.4 Å². The van der Waals surface area contributed by atoms with Gasteiger partial charge < -0.3 is 15.7 Å². The van der Waals surface area contributed by atoms with E-state index in [1.54, 1.807) is 44.4 Å². The van der Waals surface area contributed by atoms with Crippen LogP contribution in [0.25, 0.3) is 28.0 Å². The van der Waals surface area contributed by atoms with E-state index in [4.69, 9.17) is 10.7 Å². The van der Waals surface area contributed by atoms with Crippen molar-refractivity contribution in [1.82, 2.24) is 14.4 Å². The summed E-state index contributed by atoms with van der Waals surface area (Å²) in [5.41, 5.74) is 7.86. The highest BCUT2D eigenvalue weighted by Crippen LogP contribution is 2.38. The third-order valence-corrected chi connectivity index (χ3v) is 6.68. The third-order valence-electron chi connectivity index (χ3n) is 6.68. The number of benzene rings is 2. The monoisotopic (exact) mass is 502 g/mol. The SMILES string of the molecule is CC(C)(O)Cc1ccc(-c2c(-c3ccc(C#N)c(F)c3)nc(N3CCC(N)CC3)n3ccnc23)cc1F. The van der Waals surface area contributed by atoms with Crippen LogP contribution in [0.5, 0.6) is 0 Å². The van der Waals surface area contributed by atoms with Crippen molar-refractivity contribution in [2.24, 2.45) is 5.73 Å². The van der Waals surface area contributed by atoms with Crippen molar-refractivity contribution in [2.75, 3.05) is 18.0 Å². The van der Waals surface area contributed by atoms with Crippen LogP contribution in [0.4, 0.5) is 14.7 Å². The summed E-state index contributed by atoms with van der Waals surface area (Å²) in [6, 6.07) is 11.1. The number of rotatable bonds is 5. The van der Waals surface area contributed by atoms with E-state index in [0.29, 0.717) is 52.6 Å². The van der Waals surface area contributed by atoms with Gasteiger partial charge in [-0.15, -0.1) is 0 Å². The molecule has 37 heavy (non-hydrogen) atoms. The second-order valence-corrected chi connectivity index (χ2v) is 10.2. The predicted molar refractivity (Wildman–Crippen MR) is 138 cm³/mol. The first-order valence-corrected chi connectivity index (χ1v) is 12.2. The lowest BCUT2D eigenvalue weighted by atomic mass is 9.94. The number of piperidine rings is 1. The Labute approximate surface area is 213 Å². The fraction of sp³-hybridized carbons (Fsp3) is 0.321. The van der Waals surface area contributed by atoms with E-state index in [1.807, 2.05) is 10.5 Å². The van der Waals surface area contributed by atoms with Gasteiger partial charge in [-0.3, -0.25) is 4.40 Å². The highest BCUT2D eigenvalue weighted by molar-refractivity contribution is 5.91. The first-order valence-electron chi connectivity index (χ1n) is 12.2. The molecule has 7 nitrogen and oxygen atoms in total. The molecule has 4 aromatic rings. The zero-order chi connectivity index (χ0) is 26.3. The van der Waals surface area contributed by atoms with Crippen molar-refractivity contribution in [3.63, 3.8) is 0 Å². The Morgan fingerprint density at radius 1 is 1.11 bits per heavy atom. The molecule has 0 spiro atoms. The number of aromatic nitrogens is 3. The minimum Gasteiger partial charge on any atom is -0.390 e. The molecule has 9 heteroatoms. The minimum atomic E-state index is -1.07. The van der Waals surface area contributed by atoms with Crippen LogP contribution in [0.1, 0.15) is 37.8 Å². The Hall–Kier alpha value is -3.87. The number of halogens is 2. The maximum absolute atomic E-state index is 15.2. The van der Waals surface area contributed by atoms with E-state index in [2.05, 4.69) is 9.88 Å². The van der Waals surface area contributed by atoms with Crippen LogP contribution in [-0.2, 0) is 6.42 Å². The molecule has 0 saturated carbocycles. The van der Waals surface area contributed by atoms with Gasteiger partial charge in [0.25, 0.3) is 0 Å². The molecule has 2 aromatic heterocycles. The van der Waals surface area contributed by atoms with Gasteiger partial charge in [-0.2, -0.15) is 5.26 Å². The molecule has 3 heterocycles. The summed E-state index contributed by atoms with van der Waals surface area (Å²) in [5, 5.41) is 19.4. The van der Waals surface area contributed by atoms with E-state index in [-0.39, 0.29) is 18.0 Å². The van der Waals surface area contributed by atoms with Crippen LogP contribution >= 0.6 is 0 Å². The molecular formula is C28H28F2N6O. The largest absolute Gasteiger partial charge is 0.390 e. The van der Waals surface area contributed by atoms with E-state index in [9.17, 15) is 14.8 Å². The highest BCUT2D eigenvalue weighted by atomic mass is 19.1. The van der Waals surface area contributed by atoms with Crippen LogP contribution < -0.4 is 10.6 Å². The molecule has 1 aliphatic rings. The summed E-state index contributed by atoms with van der Waals surface area (Å²) in [4.78, 5) is 11.7. The highest BCUT2D eigenvalue weighted by Gasteiger charge is 2.25. The number of nitrogens with two attached hydrogens (primary N) is 1. The number of fused-ring (bicyclic) bond motifs is 1. The summed E-state index contributed by atoms with van der Waals surface area (Å²) in [6.45, 7) is 4.68. The molecule has 0 unspecified atom stereocenters. The van der Waals surface area contributed by atoms with Gasteiger partial charge in [0, 0.05) is 43.5 Å². The predicted octanol–water partition coefficient (Wildman–Crippen LogP) is 4.45. The zero-order valence-electron chi connectivity index (χ0n) is 20.7. The Kier molecular flexibility index (Phi) is 6.40. The van der Waals surface area contributed by atoms with Gasteiger partial charge in [0.15, 0.2) is 0 Å². The average molecular weight is 503 g/mol. The molecule has 1 aliphatic heterocycles. The molecule has 1 saturated heterocycles. The summed E-state index contributed by atoms with van der Waals surface area (Å²) in [7, 11) is 0. The fourth-order valence-electron chi connectivity index (χ4n) is 4.83. The Morgan fingerprint density at radius 2 is 1.81 bits per heavy atom. The van der Waals surface area contributed by atoms with E-state index >= 15 is 4.39 Å². The van der Waals surface area contributed by atoms with Crippen molar-refractivity contribution in [3.8, 4) is 28.5 Å². The number of anilines is 1. The number of hydrogen-bond donors (Lipinski definition) is 2. The van der Waals surface area contributed by atoms with E-state index < -0.39 is 17.2 Å². The molecule has 0 bridgehead atoms.